The van der Waals surface area contributed by atoms with Crippen LogP contribution in [0.15, 0.2) is 12.4 Å². The minimum absolute atomic E-state index is 0.124. The standard InChI is InChI=1S/C18H29N5O2/c1-18(2,3)25-17(24)22(4)14-6-5-9-23(11-14)16-10-15(19-12-20-16)21-13-7-8-13/h10,12-14H,5-9,11H2,1-4H3,(H,19,20,21). The van der Waals surface area contributed by atoms with Crippen molar-refractivity contribution in [1.29, 1.82) is 0 Å². The van der Waals surface area contributed by atoms with Gasteiger partial charge in [0.2, 0.25) is 0 Å². The summed E-state index contributed by atoms with van der Waals surface area (Å²) in [4.78, 5) is 25.0. The second-order valence-electron chi connectivity index (χ2n) is 8.01. The van der Waals surface area contributed by atoms with E-state index in [9.17, 15) is 4.79 Å². The molecule has 2 fully saturated rings. The highest BCUT2D eigenvalue weighted by Crippen LogP contribution is 2.26. The summed E-state index contributed by atoms with van der Waals surface area (Å²) in [7, 11) is 1.82. The summed E-state index contributed by atoms with van der Waals surface area (Å²) in [5.41, 5.74) is -0.476. The van der Waals surface area contributed by atoms with Gasteiger partial charge in [-0.3, -0.25) is 0 Å². The molecule has 0 aromatic carbocycles. The van der Waals surface area contributed by atoms with Gasteiger partial charge in [0.25, 0.3) is 0 Å². The van der Waals surface area contributed by atoms with Gasteiger partial charge in [-0.15, -0.1) is 0 Å². The molecule has 7 nitrogen and oxygen atoms in total. The molecule has 25 heavy (non-hydrogen) atoms. The van der Waals surface area contributed by atoms with E-state index in [1.807, 2.05) is 33.9 Å². The molecule has 1 saturated carbocycles. The average Bonchev–Trinajstić information content (AvgIpc) is 3.37. The van der Waals surface area contributed by atoms with Crippen molar-refractivity contribution in [3.05, 3.63) is 12.4 Å². The lowest BCUT2D eigenvalue weighted by atomic mass is 10.0. The van der Waals surface area contributed by atoms with Gasteiger partial charge in [-0.25, -0.2) is 14.8 Å². The highest BCUT2D eigenvalue weighted by molar-refractivity contribution is 5.68. The largest absolute Gasteiger partial charge is 0.444 e. The Balaban J connectivity index is 1.63. The van der Waals surface area contributed by atoms with Gasteiger partial charge < -0.3 is 19.9 Å². The van der Waals surface area contributed by atoms with Crippen LogP contribution in [0.2, 0.25) is 0 Å². The number of likely N-dealkylation sites (N-methyl/N-ethyl adjacent to an activating group) is 1. The minimum Gasteiger partial charge on any atom is -0.444 e. The second kappa shape index (κ2) is 7.06. The summed E-state index contributed by atoms with van der Waals surface area (Å²) in [6, 6.07) is 2.70. The molecule has 1 aliphatic heterocycles. The first-order chi connectivity index (χ1) is 11.8. The molecular weight excluding hydrogens is 318 g/mol. The number of amides is 1. The average molecular weight is 347 g/mol. The van der Waals surface area contributed by atoms with Gasteiger partial charge in [-0.2, -0.15) is 0 Å². The fourth-order valence-corrected chi connectivity index (χ4v) is 3.00. The zero-order chi connectivity index (χ0) is 18.0. The van der Waals surface area contributed by atoms with Gasteiger partial charge in [0.15, 0.2) is 0 Å². The Kier molecular flexibility index (Phi) is 5.01. The predicted molar refractivity (Wildman–Crippen MR) is 97.9 cm³/mol. The monoisotopic (exact) mass is 347 g/mol. The summed E-state index contributed by atoms with van der Waals surface area (Å²) in [6.45, 7) is 7.37. The van der Waals surface area contributed by atoms with E-state index in [0.717, 1.165) is 37.6 Å². The Hall–Kier alpha value is -2.05. The lowest BCUT2D eigenvalue weighted by molar-refractivity contribution is 0.0209. The van der Waals surface area contributed by atoms with Crippen molar-refractivity contribution in [2.45, 2.75) is 64.1 Å². The molecule has 2 aliphatic rings. The fourth-order valence-electron chi connectivity index (χ4n) is 3.00. The van der Waals surface area contributed by atoms with Gasteiger partial charge >= 0.3 is 6.09 Å². The molecule has 0 spiro atoms. The van der Waals surface area contributed by atoms with Gasteiger partial charge in [0.1, 0.15) is 23.6 Å². The zero-order valence-electron chi connectivity index (χ0n) is 15.7. The Morgan fingerprint density at radius 2 is 2.08 bits per heavy atom. The molecule has 1 atom stereocenters. The summed E-state index contributed by atoms with van der Waals surface area (Å²) in [6.07, 6.45) is 5.77. The van der Waals surface area contributed by atoms with Crippen LogP contribution in [0.25, 0.3) is 0 Å². The third-order valence-corrected chi connectivity index (χ3v) is 4.53. The molecular formula is C18H29N5O2. The number of carbonyl (C=O) groups is 1. The number of hydrogen-bond acceptors (Lipinski definition) is 6. The molecule has 1 unspecified atom stereocenters. The van der Waals surface area contributed by atoms with E-state index in [4.69, 9.17) is 4.74 Å². The number of hydrogen-bond donors (Lipinski definition) is 1. The summed E-state index contributed by atoms with van der Waals surface area (Å²) < 4.78 is 5.50. The van der Waals surface area contributed by atoms with Gasteiger partial charge in [0, 0.05) is 32.2 Å². The molecule has 1 N–H and O–H groups in total. The van der Waals surface area contributed by atoms with Gasteiger partial charge in [-0.05, 0) is 46.5 Å². The number of ether oxygens (including phenoxy) is 1. The highest BCUT2D eigenvalue weighted by atomic mass is 16.6. The number of rotatable bonds is 4. The zero-order valence-corrected chi connectivity index (χ0v) is 15.7. The Labute approximate surface area is 149 Å². The Morgan fingerprint density at radius 1 is 1.32 bits per heavy atom. The molecule has 1 aromatic rings. The number of nitrogens with zero attached hydrogens (tertiary/aromatic N) is 4. The third-order valence-electron chi connectivity index (χ3n) is 4.53. The molecule has 0 bridgehead atoms. The van der Waals surface area contributed by atoms with Crippen LogP contribution in [0, 0.1) is 0 Å². The van der Waals surface area contributed by atoms with Crippen LogP contribution >= 0.6 is 0 Å². The molecule has 1 saturated heterocycles. The van der Waals surface area contributed by atoms with Crippen molar-refractivity contribution in [2.24, 2.45) is 0 Å². The van der Waals surface area contributed by atoms with Crippen LogP contribution in [0.3, 0.4) is 0 Å². The Morgan fingerprint density at radius 3 is 2.76 bits per heavy atom. The topological polar surface area (TPSA) is 70.6 Å². The smallest absolute Gasteiger partial charge is 0.410 e. The van der Waals surface area contributed by atoms with Crippen molar-refractivity contribution >= 4 is 17.7 Å². The van der Waals surface area contributed by atoms with Crippen LogP contribution in [0.1, 0.15) is 46.5 Å². The van der Waals surface area contributed by atoms with E-state index in [0.29, 0.717) is 6.04 Å². The molecule has 1 aromatic heterocycles. The maximum atomic E-state index is 12.3. The quantitative estimate of drug-likeness (QED) is 0.903. The number of anilines is 2. The molecule has 138 valence electrons. The van der Waals surface area contributed by atoms with E-state index in [1.54, 1.807) is 11.2 Å². The maximum Gasteiger partial charge on any atom is 0.410 e. The molecule has 1 aliphatic carbocycles. The van der Waals surface area contributed by atoms with Crippen LogP contribution in [-0.4, -0.2) is 58.8 Å². The first-order valence-corrected chi connectivity index (χ1v) is 9.11. The van der Waals surface area contributed by atoms with Crippen LogP contribution in [-0.2, 0) is 4.74 Å². The number of nitrogens with one attached hydrogen (secondary N) is 1. The molecule has 1 amide bonds. The van der Waals surface area contributed by atoms with Crippen LogP contribution in [0.4, 0.5) is 16.4 Å². The van der Waals surface area contributed by atoms with Crippen LogP contribution < -0.4 is 10.2 Å². The lowest BCUT2D eigenvalue weighted by Crippen LogP contribution is -2.50. The second-order valence-corrected chi connectivity index (χ2v) is 8.01. The molecule has 0 radical (unpaired) electrons. The van der Waals surface area contributed by atoms with Crippen molar-refractivity contribution in [3.63, 3.8) is 0 Å². The van der Waals surface area contributed by atoms with Gasteiger partial charge in [0.05, 0.1) is 6.04 Å². The Bertz CT molecular complexity index is 612. The third kappa shape index (κ3) is 4.96. The van der Waals surface area contributed by atoms with Crippen molar-refractivity contribution in [3.8, 4) is 0 Å². The minimum atomic E-state index is -0.476. The summed E-state index contributed by atoms with van der Waals surface area (Å²) in [5, 5.41) is 3.41. The predicted octanol–water partition coefficient (Wildman–Crippen LogP) is 2.89. The number of carbonyl (C=O) groups excluding carboxylic acids is 1. The van der Waals surface area contributed by atoms with E-state index in [2.05, 4.69) is 20.2 Å². The SMILES string of the molecule is CN(C(=O)OC(C)(C)C)C1CCCN(c2cc(NC3CC3)ncn2)C1. The first kappa shape index (κ1) is 17.8. The van der Waals surface area contributed by atoms with Gasteiger partial charge in [-0.1, -0.05) is 0 Å². The lowest BCUT2D eigenvalue weighted by Gasteiger charge is -2.38. The molecule has 7 heteroatoms. The van der Waals surface area contributed by atoms with Crippen molar-refractivity contribution in [1.82, 2.24) is 14.9 Å². The maximum absolute atomic E-state index is 12.3. The summed E-state index contributed by atoms with van der Waals surface area (Å²) >= 11 is 0. The highest BCUT2D eigenvalue weighted by Gasteiger charge is 2.30. The summed E-state index contributed by atoms with van der Waals surface area (Å²) in [5.74, 6) is 1.80. The van der Waals surface area contributed by atoms with E-state index >= 15 is 0 Å². The van der Waals surface area contributed by atoms with Crippen molar-refractivity contribution < 1.29 is 9.53 Å². The van der Waals surface area contributed by atoms with E-state index < -0.39 is 5.60 Å². The number of piperidine rings is 1. The van der Waals surface area contributed by atoms with E-state index in [1.165, 1.54) is 12.8 Å². The fraction of sp³-hybridized carbons (Fsp3) is 0.722. The van der Waals surface area contributed by atoms with E-state index in [-0.39, 0.29) is 12.1 Å². The molecule has 2 heterocycles. The normalized spacial score (nSPS) is 21.0. The number of aromatic nitrogens is 2. The first-order valence-electron chi connectivity index (χ1n) is 9.11. The van der Waals surface area contributed by atoms with Crippen LogP contribution in [0.5, 0.6) is 0 Å². The molecule has 3 rings (SSSR count). The van der Waals surface area contributed by atoms with Crippen molar-refractivity contribution in [2.75, 3.05) is 30.4 Å².